The molecule has 0 bridgehead atoms. The molecule has 2 atom stereocenters. The van der Waals surface area contributed by atoms with Gasteiger partial charge in [0.2, 0.25) is 5.91 Å². The first-order chi connectivity index (χ1) is 11.3. The smallest absolute Gasteiger partial charge is 0.244 e. The Bertz CT molecular complexity index is 631. The summed E-state index contributed by atoms with van der Waals surface area (Å²) in [6, 6.07) is 14.1. The van der Waals surface area contributed by atoms with Crippen LogP contribution in [0, 0.1) is 5.92 Å². The van der Waals surface area contributed by atoms with Crippen molar-refractivity contribution in [3.8, 4) is 0 Å². The Morgan fingerprint density at radius 2 is 1.96 bits per heavy atom. The molecule has 0 radical (unpaired) electrons. The fraction of sp³-hybridized carbons (Fsp3) is 0.350. The largest absolute Gasteiger partial charge is 0.469 e. The van der Waals surface area contributed by atoms with Crippen LogP contribution in [0.3, 0.4) is 0 Å². The molecule has 0 aliphatic heterocycles. The van der Waals surface area contributed by atoms with Crippen LogP contribution in [0.25, 0.3) is 6.08 Å². The van der Waals surface area contributed by atoms with Gasteiger partial charge in [0.05, 0.1) is 6.26 Å². The SMILES string of the molecule is O=C(/C=C/c1ccccc1)N[C@H]1CCCC[C@H]1Cc1ccco1. The molecule has 1 amide bonds. The molecule has 1 fully saturated rings. The van der Waals surface area contributed by atoms with Crippen LogP contribution < -0.4 is 5.32 Å². The van der Waals surface area contributed by atoms with Crippen LogP contribution in [0.4, 0.5) is 0 Å². The number of hydrogen-bond acceptors (Lipinski definition) is 2. The number of hydrogen-bond donors (Lipinski definition) is 1. The van der Waals surface area contributed by atoms with Gasteiger partial charge in [-0.25, -0.2) is 0 Å². The summed E-state index contributed by atoms with van der Waals surface area (Å²) < 4.78 is 5.47. The number of amides is 1. The summed E-state index contributed by atoms with van der Waals surface area (Å²) in [4.78, 5) is 12.2. The first-order valence-corrected chi connectivity index (χ1v) is 8.37. The van der Waals surface area contributed by atoms with E-state index in [2.05, 4.69) is 5.32 Å². The monoisotopic (exact) mass is 309 g/mol. The molecule has 120 valence electrons. The average Bonchev–Trinajstić information content (AvgIpc) is 3.09. The van der Waals surface area contributed by atoms with E-state index in [1.54, 1.807) is 12.3 Å². The summed E-state index contributed by atoms with van der Waals surface area (Å²) in [5.74, 6) is 1.46. The third-order valence-electron chi connectivity index (χ3n) is 4.51. The Kier molecular flexibility index (Phi) is 5.30. The average molecular weight is 309 g/mol. The zero-order chi connectivity index (χ0) is 15.9. The second-order valence-electron chi connectivity index (χ2n) is 6.19. The van der Waals surface area contributed by atoms with Crippen molar-refractivity contribution < 1.29 is 9.21 Å². The van der Waals surface area contributed by atoms with Crippen molar-refractivity contribution in [2.24, 2.45) is 5.92 Å². The number of furan rings is 1. The van der Waals surface area contributed by atoms with Crippen molar-refractivity contribution in [2.45, 2.75) is 38.1 Å². The topological polar surface area (TPSA) is 42.2 Å². The maximum atomic E-state index is 12.2. The second-order valence-corrected chi connectivity index (χ2v) is 6.19. The lowest BCUT2D eigenvalue weighted by Crippen LogP contribution is -2.42. The molecular formula is C20H23NO2. The third-order valence-corrected chi connectivity index (χ3v) is 4.51. The van der Waals surface area contributed by atoms with Crippen molar-refractivity contribution in [3.05, 3.63) is 66.1 Å². The lowest BCUT2D eigenvalue weighted by Gasteiger charge is -2.31. The summed E-state index contributed by atoms with van der Waals surface area (Å²) >= 11 is 0. The first-order valence-electron chi connectivity index (χ1n) is 8.37. The highest BCUT2D eigenvalue weighted by atomic mass is 16.3. The van der Waals surface area contributed by atoms with E-state index >= 15 is 0 Å². The maximum Gasteiger partial charge on any atom is 0.244 e. The highest BCUT2D eigenvalue weighted by Gasteiger charge is 2.26. The van der Waals surface area contributed by atoms with E-state index in [1.807, 2.05) is 48.5 Å². The van der Waals surface area contributed by atoms with Gasteiger partial charge >= 0.3 is 0 Å². The maximum absolute atomic E-state index is 12.2. The third kappa shape index (κ3) is 4.59. The molecule has 1 N–H and O–H groups in total. The lowest BCUT2D eigenvalue weighted by atomic mass is 9.82. The van der Waals surface area contributed by atoms with Gasteiger partial charge < -0.3 is 9.73 Å². The molecule has 1 aliphatic rings. The minimum absolute atomic E-state index is 0.00908. The Balaban J connectivity index is 1.58. The molecule has 2 aromatic rings. The quantitative estimate of drug-likeness (QED) is 0.841. The van der Waals surface area contributed by atoms with Crippen molar-refractivity contribution in [1.82, 2.24) is 5.32 Å². The summed E-state index contributed by atoms with van der Waals surface area (Å²) in [6.07, 6.45) is 10.7. The van der Waals surface area contributed by atoms with Crippen LogP contribution in [0.5, 0.6) is 0 Å². The van der Waals surface area contributed by atoms with Gasteiger partial charge in [-0.05, 0) is 42.5 Å². The molecule has 1 heterocycles. The van der Waals surface area contributed by atoms with Gasteiger partial charge in [-0.2, -0.15) is 0 Å². The van der Waals surface area contributed by atoms with Gasteiger partial charge in [-0.3, -0.25) is 4.79 Å². The minimum Gasteiger partial charge on any atom is -0.469 e. The highest BCUT2D eigenvalue weighted by molar-refractivity contribution is 5.91. The molecule has 1 aromatic carbocycles. The minimum atomic E-state index is -0.00908. The van der Waals surface area contributed by atoms with Gasteiger partial charge in [0.1, 0.15) is 5.76 Å². The van der Waals surface area contributed by atoms with Gasteiger partial charge in [0.25, 0.3) is 0 Å². The molecule has 3 nitrogen and oxygen atoms in total. The summed E-state index contributed by atoms with van der Waals surface area (Å²) in [7, 11) is 0. The number of nitrogens with one attached hydrogen (secondary N) is 1. The van der Waals surface area contributed by atoms with E-state index in [1.165, 1.54) is 12.8 Å². The van der Waals surface area contributed by atoms with E-state index < -0.39 is 0 Å². The van der Waals surface area contributed by atoms with Gasteiger partial charge in [0.15, 0.2) is 0 Å². The van der Waals surface area contributed by atoms with Crippen LogP contribution >= 0.6 is 0 Å². The van der Waals surface area contributed by atoms with E-state index in [-0.39, 0.29) is 11.9 Å². The summed E-state index contributed by atoms with van der Waals surface area (Å²) in [5, 5.41) is 3.18. The molecule has 3 rings (SSSR count). The molecule has 1 aromatic heterocycles. The van der Waals surface area contributed by atoms with Crippen molar-refractivity contribution >= 4 is 12.0 Å². The number of benzene rings is 1. The van der Waals surface area contributed by atoms with Crippen LogP contribution in [0.1, 0.15) is 37.0 Å². The number of rotatable bonds is 5. The number of carbonyl (C=O) groups excluding carboxylic acids is 1. The number of carbonyl (C=O) groups is 1. The Morgan fingerprint density at radius 3 is 2.74 bits per heavy atom. The van der Waals surface area contributed by atoms with E-state index in [4.69, 9.17) is 4.42 Å². The molecule has 23 heavy (non-hydrogen) atoms. The van der Waals surface area contributed by atoms with E-state index in [0.717, 1.165) is 30.6 Å². The second kappa shape index (κ2) is 7.82. The molecule has 1 saturated carbocycles. The molecule has 0 unspecified atom stereocenters. The molecule has 1 aliphatic carbocycles. The highest BCUT2D eigenvalue weighted by Crippen LogP contribution is 2.27. The molecule has 0 spiro atoms. The van der Waals surface area contributed by atoms with E-state index in [9.17, 15) is 4.79 Å². The van der Waals surface area contributed by atoms with Gasteiger partial charge in [-0.1, -0.05) is 43.2 Å². The van der Waals surface area contributed by atoms with Gasteiger partial charge in [-0.15, -0.1) is 0 Å². The van der Waals surface area contributed by atoms with Crippen molar-refractivity contribution in [3.63, 3.8) is 0 Å². The summed E-state index contributed by atoms with van der Waals surface area (Å²) in [5.41, 5.74) is 1.04. The Morgan fingerprint density at radius 1 is 1.13 bits per heavy atom. The van der Waals surface area contributed by atoms with Crippen LogP contribution in [0.15, 0.2) is 59.2 Å². The van der Waals surface area contributed by atoms with Crippen LogP contribution in [0.2, 0.25) is 0 Å². The first kappa shape index (κ1) is 15.6. The predicted molar refractivity (Wildman–Crippen MR) is 91.8 cm³/mol. The molecule has 3 heteroatoms. The fourth-order valence-corrected chi connectivity index (χ4v) is 3.30. The zero-order valence-corrected chi connectivity index (χ0v) is 13.3. The fourth-order valence-electron chi connectivity index (χ4n) is 3.30. The Hall–Kier alpha value is -2.29. The molecular weight excluding hydrogens is 286 g/mol. The zero-order valence-electron chi connectivity index (χ0n) is 13.3. The van der Waals surface area contributed by atoms with Crippen molar-refractivity contribution in [1.29, 1.82) is 0 Å². The predicted octanol–water partition coefficient (Wildman–Crippen LogP) is 4.21. The summed E-state index contributed by atoms with van der Waals surface area (Å²) in [6.45, 7) is 0. The van der Waals surface area contributed by atoms with Crippen molar-refractivity contribution in [2.75, 3.05) is 0 Å². The lowest BCUT2D eigenvalue weighted by molar-refractivity contribution is -0.117. The Labute approximate surface area is 137 Å². The van der Waals surface area contributed by atoms with Gasteiger partial charge in [0, 0.05) is 18.5 Å². The van der Waals surface area contributed by atoms with Crippen LogP contribution in [-0.4, -0.2) is 11.9 Å². The molecule has 0 saturated heterocycles. The van der Waals surface area contributed by atoms with E-state index in [0.29, 0.717) is 5.92 Å². The standard InChI is InChI=1S/C20H23NO2/c22-20(13-12-16-7-2-1-3-8-16)21-19-11-5-4-9-17(19)15-18-10-6-14-23-18/h1-3,6-8,10,12-14,17,19H,4-5,9,11,15H2,(H,21,22)/b13-12+/t17-,19-/m0/s1. The normalized spacial score (nSPS) is 21.4. The van der Waals surface area contributed by atoms with Crippen LogP contribution in [-0.2, 0) is 11.2 Å².